The first kappa shape index (κ1) is 15.9. The summed E-state index contributed by atoms with van der Waals surface area (Å²) >= 11 is 2.64. The van der Waals surface area contributed by atoms with Crippen LogP contribution in [0.2, 0.25) is 0 Å². The number of hydrogen-bond acceptors (Lipinski definition) is 7. The fourth-order valence-corrected chi connectivity index (χ4v) is 3.37. The van der Waals surface area contributed by atoms with Crippen molar-refractivity contribution in [3.63, 3.8) is 0 Å². The highest BCUT2D eigenvalue weighted by Gasteiger charge is 2.02. The van der Waals surface area contributed by atoms with E-state index in [1.807, 2.05) is 57.7 Å². The number of hydrogen-bond donors (Lipinski definition) is 0. The lowest BCUT2D eigenvalue weighted by atomic mass is 10.3. The van der Waals surface area contributed by atoms with Crippen LogP contribution in [0.4, 0.5) is 0 Å². The first-order valence-electron chi connectivity index (χ1n) is 7.30. The van der Waals surface area contributed by atoms with E-state index in [4.69, 9.17) is 3.63 Å². The van der Waals surface area contributed by atoms with Gasteiger partial charge in [-0.1, -0.05) is 0 Å². The average Bonchev–Trinajstić information content (AvgIpc) is 3.37. The minimum absolute atomic E-state index is 1.01. The second kappa shape index (κ2) is 7.51. The smallest absolute Gasteiger partial charge is 0.123 e. The predicted molar refractivity (Wildman–Crippen MR) is 95.5 cm³/mol. The van der Waals surface area contributed by atoms with Gasteiger partial charge in [0.2, 0.25) is 0 Å². The molecule has 0 bridgehead atoms. The predicted octanol–water partition coefficient (Wildman–Crippen LogP) is 3.58. The van der Waals surface area contributed by atoms with E-state index < -0.39 is 0 Å². The Hall–Kier alpha value is -2.62. The molecule has 0 saturated heterocycles. The number of aromatic nitrogens is 6. The van der Waals surface area contributed by atoms with Crippen molar-refractivity contribution < 1.29 is 3.63 Å². The molecule has 0 unspecified atom stereocenters. The van der Waals surface area contributed by atoms with Crippen LogP contribution in [0.5, 0.6) is 0 Å². The largest absolute Gasteiger partial charge is 0.288 e. The lowest BCUT2D eigenvalue weighted by Gasteiger charge is -2.05. The van der Waals surface area contributed by atoms with Crippen LogP contribution in [-0.4, -0.2) is 29.5 Å². The van der Waals surface area contributed by atoms with Crippen LogP contribution in [0.15, 0.2) is 83.6 Å². The molecule has 0 aliphatic carbocycles. The molecule has 7 nitrogen and oxygen atoms in total. The Morgan fingerprint density at radius 2 is 0.920 bits per heavy atom. The SMILES string of the molecule is c1cc(-n2cnnc2)ccc1SOSc1ccc(-n2cnnc2)cc1. The first-order valence-corrected chi connectivity index (χ1v) is 8.78. The molecular weight excluding hydrogens is 356 g/mol. The highest BCUT2D eigenvalue weighted by Crippen LogP contribution is 2.30. The summed E-state index contributed by atoms with van der Waals surface area (Å²) in [7, 11) is 0. The molecule has 0 radical (unpaired) electrons. The van der Waals surface area contributed by atoms with Gasteiger partial charge in [-0.15, -0.1) is 20.4 Å². The molecule has 0 atom stereocenters. The van der Waals surface area contributed by atoms with Crippen LogP contribution in [0.25, 0.3) is 11.4 Å². The molecule has 0 aliphatic rings. The Kier molecular flexibility index (Phi) is 4.77. The van der Waals surface area contributed by atoms with Gasteiger partial charge in [-0.3, -0.25) is 9.13 Å². The summed E-state index contributed by atoms with van der Waals surface area (Å²) in [5, 5.41) is 15.2. The third-order valence-corrected chi connectivity index (χ3v) is 4.84. The molecule has 2 heterocycles. The van der Waals surface area contributed by atoms with Crippen LogP contribution in [0.1, 0.15) is 0 Å². The van der Waals surface area contributed by atoms with Crippen LogP contribution >= 0.6 is 24.1 Å². The molecule has 0 spiro atoms. The van der Waals surface area contributed by atoms with Gasteiger partial charge in [-0.05, 0) is 48.5 Å². The van der Waals surface area contributed by atoms with Gasteiger partial charge in [0.25, 0.3) is 0 Å². The highest BCUT2D eigenvalue weighted by atomic mass is 32.2. The monoisotopic (exact) mass is 368 g/mol. The van der Waals surface area contributed by atoms with E-state index in [9.17, 15) is 0 Å². The molecule has 0 saturated carbocycles. The van der Waals surface area contributed by atoms with E-state index in [1.165, 1.54) is 24.1 Å². The molecule has 2 aromatic carbocycles. The van der Waals surface area contributed by atoms with Crippen LogP contribution in [0.3, 0.4) is 0 Å². The summed E-state index contributed by atoms with van der Waals surface area (Å²) in [6.07, 6.45) is 6.66. The van der Waals surface area contributed by atoms with E-state index in [-0.39, 0.29) is 0 Å². The summed E-state index contributed by atoms with van der Waals surface area (Å²) in [6, 6.07) is 16.0. The fourth-order valence-electron chi connectivity index (χ4n) is 2.11. The van der Waals surface area contributed by atoms with E-state index in [0.29, 0.717) is 0 Å². The normalized spacial score (nSPS) is 10.9. The molecule has 0 aliphatic heterocycles. The fraction of sp³-hybridized carbons (Fsp3) is 0. The maximum Gasteiger partial charge on any atom is 0.123 e. The summed E-state index contributed by atoms with van der Waals surface area (Å²) in [5.41, 5.74) is 2.01. The van der Waals surface area contributed by atoms with Crippen molar-refractivity contribution in [3.05, 3.63) is 73.8 Å². The van der Waals surface area contributed by atoms with E-state index in [0.717, 1.165) is 21.2 Å². The van der Waals surface area contributed by atoms with Crippen LogP contribution in [0, 0.1) is 0 Å². The molecule has 4 aromatic rings. The van der Waals surface area contributed by atoms with Gasteiger partial charge in [0, 0.05) is 45.3 Å². The first-order chi connectivity index (χ1) is 12.4. The zero-order valence-corrected chi connectivity index (χ0v) is 14.5. The second-order valence-electron chi connectivity index (χ2n) is 4.96. The van der Waals surface area contributed by atoms with Gasteiger partial charge < -0.3 is 0 Å². The Morgan fingerprint density at radius 1 is 0.560 bits per heavy atom. The standard InChI is InChI=1S/C16H12N6OS2/c1-5-15(6-2-13(1)21-9-17-18-10-21)24-23-25-16-7-3-14(4-8-16)22-11-19-20-12-22/h1-12H. The topological polar surface area (TPSA) is 70.7 Å². The van der Waals surface area contributed by atoms with Crippen molar-refractivity contribution in [2.45, 2.75) is 9.79 Å². The molecule has 0 fully saturated rings. The third kappa shape index (κ3) is 3.90. The van der Waals surface area contributed by atoms with Crippen molar-refractivity contribution in [2.75, 3.05) is 0 Å². The lowest BCUT2D eigenvalue weighted by Crippen LogP contribution is -1.89. The molecule has 4 rings (SSSR count). The van der Waals surface area contributed by atoms with Crippen molar-refractivity contribution in [1.29, 1.82) is 0 Å². The van der Waals surface area contributed by atoms with Crippen LogP contribution in [-0.2, 0) is 3.63 Å². The van der Waals surface area contributed by atoms with Crippen molar-refractivity contribution in [1.82, 2.24) is 29.5 Å². The van der Waals surface area contributed by atoms with Gasteiger partial charge in [-0.2, -0.15) is 0 Å². The molecule has 0 N–H and O–H groups in total. The highest BCUT2D eigenvalue weighted by molar-refractivity contribution is 8.07. The van der Waals surface area contributed by atoms with E-state index in [1.54, 1.807) is 25.3 Å². The molecule has 124 valence electrons. The van der Waals surface area contributed by atoms with Crippen LogP contribution < -0.4 is 0 Å². The number of nitrogens with zero attached hydrogens (tertiary/aromatic N) is 6. The molecular formula is C16H12N6OS2. The Morgan fingerprint density at radius 3 is 1.28 bits per heavy atom. The van der Waals surface area contributed by atoms with Gasteiger partial charge in [0.1, 0.15) is 25.3 Å². The van der Waals surface area contributed by atoms with Gasteiger partial charge >= 0.3 is 0 Å². The maximum absolute atomic E-state index is 5.64. The third-order valence-electron chi connectivity index (χ3n) is 3.37. The van der Waals surface area contributed by atoms with E-state index >= 15 is 0 Å². The zero-order valence-electron chi connectivity index (χ0n) is 12.8. The molecule has 2 aromatic heterocycles. The Balaban J connectivity index is 1.31. The molecule has 25 heavy (non-hydrogen) atoms. The Labute approximate surface area is 152 Å². The molecule has 0 amide bonds. The Bertz CT molecular complexity index is 831. The van der Waals surface area contributed by atoms with Gasteiger partial charge in [0.15, 0.2) is 0 Å². The lowest BCUT2D eigenvalue weighted by molar-refractivity contribution is 0.756. The van der Waals surface area contributed by atoms with E-state index in [2.05, 4.69) is 20.4 Å². The van der Waals surface area contributed by atoms with Gasteiger partial charge in [0.05, 0.1) is 0 Å². The zero-order chi connectivity index (χ0) is 16.9. The van der Waals surface area contributed by atoms with Crippen molar-refractivity contribution in [2.24, 2.45) is 0 Å². The minimum atomic E-state index is 1.01. The van der Waals surface area contributed by atoms with Gasteiger partial charge in [-0.25, -0.2) is 3.63 Å². The maximum atomic E-state index is 5.64. The quantitative estimate of drug-likeness (QED) is 0.482. The van der Waals surface area contributed by atoms with Crippen molar-refractivity contribution >= 4 is 24.1 Å². The minimum Gasteiger partial charge on any atom is -0.288 e. The summed E-state index contributed by atoms with van der Waals surface area (Å²) in [6.45, 7) is 0. The molecule has 9 heteroatoms. The second-order valence-corrected chi connectivity index (χ2v) is 6.78. The average molecular weight is 368 g/mol. The number of benzene rings is 2. The van der Waals surface area contributed by atoms with Crippen molar-refractivity contribution in [3.8, 4) is 11.4 Å². The summed E-state index contributed by atoms with van der Waals surface area (Å²) in [5.74, 6) is 0. The number of rotatable bonds is 6. The summed E-state index contributed by atoms with van der Waals surface area (Å²) in [4.78, 5) is 2.04. The summed E-state index contributed by atoms with van der Waals surface area (Å²) < 4.78 is 9.33.